The van der Waals surface area contributed by atoms with Gasteiger partial charge in [-0.05, 0) is 24.2 Å². The molecule has 112 valence electrons. The lowest BCUT2D eigenvalue weighted by molar-refractivity contribution is 0.216. The number of anilines is 2. The van der Waals surface area contributed by atoms with Crippen molar-refractivity contribution >= 4 is 11.6 Å². The topological polar surface area (TPSA) is 75.9 Å². The van der Waals surface area contributed by atoms with Crippen molar-refractivity contribution in [1.29, 1.82) is 0 Å². The average Bonchev–Trinajstić information content (AvgIpc) is 2.40. The van der Waals surface area contributed by atoms with E-state index in [1.165, 1.54) is 25.7 Å². The minimum atomic E-state index is 0.299. The molecule has 2 rings (SSSR count). The van der Waals surface area contributed by atoms with Crippen molar-refractivity contribution in [1.82, 2.24) is 9.97 Å². The van der Waals surface area contributed by atoms with Crippen LogP contribution in [0.2, 0.25) is 0 Å². The standard InChI is InChI=1S/C15H27N5/c1-10(2)12-13(17-9-18-14(12)20-16)19-11-7-5-6-8-15(11,3)4/h9-11H,5-8,16H2,1-4H3,(H2,17,18,19,20). The summed E-state index contributed by atoms with van der Waals surface area (Å²) in [5.41, 5.74) is 4.05. The van der Waals surface area contributed by atoms with Gasteiger partial charge in [-0.3, -0.25) is 0 Å². The normalized spacial score (nSPS) is 21.8. The molecule has 20 heavy (non-hydrogen) atoms. The molecule has 0 aliphatic heterocycles. The highest BCUT2D eigenvalue weighted by Crippen LogP contribution is 2.38. The van der Waals surface area contributed by atoms with Gasteiger partial charge < -0.3 is 10.7 Å². The van der Waals surface area contributed by atoms with Gasteiger partial charge in [0.1, 0.15) is 18.0 Å². The molecule has 5 heteroatoms. The number of nitrogens with one attached hydrogen (secondary N) is 2. The first-order valence-corrected chi connectivity index (χ1v) is 7.53. The van der Waals surface area contributed by atoms with Gasteiger partial charge in [-0.1, -0.05) is 40.5 Å². The first-order chi connectivity index (χ1) is 9.45. The van der Waals surface area contributed by atoms with Gasteiger partial charge in [0.15, 0.2) is 0 Å². The maximum Gasteiger partial charge on any atom is 0.148 e. The molecule has 5 nitrogen and oxygen atoms in total. The number of hydrogen-bond acceptors (Lipinski definition) is 5. The smallest absolute Gasteiger partial charge is 0.148 e. The van der Waals surface area contributed by atoms with Gasteiger partial charge >= 0.3 is 0 Å². The molecule has 0 saturated heterocycles. The van der Waals surface area contributed by atoms with E-state index in [1.54, 1.807) is 6.33 Å². The summed E-state index contributed by atoms with van der Waals surface area (Å²) in [5, 5.41) is 3.65. The molecular formula is C15H27N5. The molecule has 1 aliphatic carbocycles. The Balaban J connectivity index is 2.29. The van der Waals surface area contributed by atoms with Crippen LogP contribution in [0.1, 0.15) is 64.9 Å². The summed E-state index contributed by atoms with van der Waals surface area (Å²) in [4.78, 5) is 8.67. The molecule has 0 spiro atoms. The zero-order valence-electron chi connectivity index (χ0n) is 13.0. The fourth-order valence-electron chi connectivity index (χ4n) is 3.10. The quantitative estimate of drug-likeness (QED) is 0.581. The fourth-order valence-corrected chi connectivity index (χ4v) is 3.10. The molecule has 0 radical (unpaired) electrons. The van der Waals surface area contributed by atoms with Crippen LogP contribution >= 0.6 is 0 Å². The molecule has 1 aliphatic rings. The monoisotopic (exact) mass is 277 g/mol. The zero-order valence-corrected chi connectivity index (χ0v) is 13.0. The van der Waals surface area contributed by atoms with Gasteiger partial charge in [0.05, 0.1) is 0 Å². The van der Waals surface area contributed by atoms with E-state index >= 15 is 0 Å². The van der Waals surface area contributed by atoms with Crippen LogP contribution < -0.4 is 16.6 Å². The molecule has 4 N–H and O–H groups in total. The van der Waals surface area contributed by atoms with Crippen molar-refractivity contribution in [2.75, 3.05) is 10.7 Å². The molecule has 1 unspecified atom stereocenters. The van der Waals surface area contributed by atoms with Gasteiger partial charge in [-0.15, -0.1) is 0 Å². The lowest BCUT2D eigenvalue weighted by Gasteiger charge is -2.39. The Labute approximate surface area is 121 Å². The molecule has 1 atom stereocenters. The van der Waals surface area contributed by atoms with Crippen LogP contribution in [0.15, 0.2) is 6.33 Å². The van der Waals surface area contributed by atoms with Crippen molar-refractivity contribution in [2.24, 2.45) is 11.3 Å². The van der Waals surface area contributed by atoms with Gasteiger partial charge in [0.25, 0.3) is 0 Å². The molecule has 0 aromatic carbocycles. The molecule has 1 aromatic rings. The maximum atomic E-state index is 5.58. The Bertz CT molecular complexity index is 456. The van der Waals surface area contributed by atoms with Crippen molar-refractivity contribution in [2.45, 2.75) is 65.3 Å². The molecule has 1 heterocycles. The van der Waals surface area contributed by atoms with Crippen molar-refractivity contribution in [3.05, 3.63) is 11.9 Å². The maximum absolute atomic E-state index is 5.58. The first-order valence-electron chi connectivity index (χ1n) is 7.53. The van der Waals surface area contributed by atoms with Gasteiger partial charge in [0, 0.05) is 11.6 Å². The second-order valence-electron chi connectivity index (χ2n) is 6.71. The number of rotatable bonds is 4. The van der Waals surface area contributed by atoms with Crippen molar-refractivity contribution in [3.8, 4) is 0 Å². The van der Waals surface area contributed by atoms with Crippen LogP contribution in [0.4, 0.5) is 11.6 Å². The van der Waals surface area contributed by atoms with E-state index in [2.05, 4.69) is 48.4 Å². The lowest BCUT2D eigenvalue weighted by atomic mass is 9.73. The summed E-state index contributed by atoms with van der Waals surface area (Å²) >= 11 is 0. The second-order valence-corrected chi connectivity index (χ2v) is 6.71. The number of aromatic nitrogens is 2. The molecule has 1 fully saturated rings. The van der Waals surface area contributed by atoms with E-state index < -0.39 is 0 Å². The van der Waals surface area contributed by atoms with E-state index in [0.29, 0.717) is 23.2 Å². The molecule has 0 bridgehead atoms. The van der Waals surface area contributed by atoms with Gasteiger partial charge in [0.2, 0.25) is 0 Å². The van der Waals surface area contributed by atoms with E-state index in [4.69, 9.17) is 5.84 Å². The van der Waals surface area contributed by atoms with Crippen molar-refractivity contribution in [3.63, 3.8) is 0 Å². The molecule has 0 amide bonds. The largest absolute Gasteiger partial charge is 0.366 e. The number of nitrogens with two attached hydrogens (primary N) is 1. The fraction of sp³-hybridized carbons (Fsp3) is 0.733. The van der Waals surface area contributed by atoms with Crippen LogP contribution in [-0.4, -0.2) is 16.0 Å². The van der Waals surface area contributed by atoms with E-state index in [0.717, 1.165) is 11.4 Å². The van der Waals surface area contributed by atoms with Crippen LogP contribution in [0.3, 0.4) is 0 Å². The first kappa shape index (κ1) is 15.0. The summed E-state index contributed by atoms with van der Waals surface area (Å²) in [7, 11) is 0. The number of hydrogen-bond donors (Lipinski definition) is 3. The lowest BCUT2D eigenvalue weighted by Crippen LogP contribution is -2.39. The highest BCUT2D eigenvalue weighted by molar-refractivity contribution is 5.59. The third kappa shape index (κ3) is 3.03. The predicted molar refractivity (Wildman–Crippen MR) is 83.6 cm³/mol. The summed E-state index contributed by atoms with van der Waals surface area (Å²) in [6, 6.07) is 0.453. The summed E-state index contributed by atoms with van der Waals surface area (Å²) < 4.78 is 0. The Kier molecular flexibility index (Phi) is 4.48. The van der Waals surface area contributed by atoms with Crippen molar-refractivity contribution < 1.29 is 0 Å². The summed E-state index contributed by atoms with van der Waals surface area (Å²) in [6.07, 6.45) is 6.63. The molecule has 1 aromatic heterocycles. The third-order valence-corrected chi connectivity index (χ3v) is 4.42. The van der Waals surface area contributed by atoms with Crippen LogP contribution in [0.25, 0.3) is 0 Å². The average molecular weight is 277 g/mol. The van der Waals surface area contributed by atoms with Crippen LogP contribution in [0, 0.1) is 5.41 Å². The van der Waals surface area contributed by atoms with E-state index in [-0.39, 0.29) is 0 Å². The third-order valence-electron chi connectivity index (χ3n) is 4.42. The molecular weight excluding hydrogens is 250 g/mol. The Morgan fingerprint density at radius 3 is 2.55 bits per heavy atom. The Morgan fingerprint density at radius 2 is 1.95 bits per heavy atom. The summed E-state index contributed by atoms with van der Waals surface area (Å²) in [6.45, 7) is 8.94. The molecule has 1 saturated carbocycles. The number of nitrogen functional groups attached to an aromatic ring is 1. The van der Waals surface area contributed by atoms with Crippen LogP contribution in [0.5, 0.6) is 0 Å². The highest BCUT2D eigenvalue weighted by Gasteiger charge is 2.33. The van der Waals surface area contributed by atoms with E-state index in [1.807, 2.05) is 0 Å². The van der Waals surface area contributed by atoms with E-state index in [9.17, 15) is 0 Å². The Hall–Kier alpha value is -1.36. The predicted octanol–water partition coefficient (Wildman–Crippen LogP) is 3.27. The SMILES string of the molecule is CC(C)c1c(NN)ncnc1NC1CCCCC1(C)C. The zero-order chi connectivity index (χ0) is 14.8. The highest BCUT2D eigenvalue weighted by atomic mass is 15.3. The van der Waals surface area contributed by atoms with Crippen LogP contribution in [-0.2, 0) is 0 Å². The number of nitrogens with zero attached hydrogens (tertiary/aromatic N) is 2. The van der Waals surface area contributed by atoms with Gasteiger partial charge in [-0.25, -0.2) is 15.8 Å². The second kappa shape index (κ2) is 5.95. The Morgan fingerprint density at radius 1 is 1.25 bits per heavy atom. The van der Waals surface area contributed by atoms with Gasteiger partial charge in [-0.2, -0.15) is 0 Å². The summed E-state index contributed by atoms with van der Waals surface area (Å²) in [5.74, 6) is 7.53. The minimum Gasteiger partial charge on any atom is -0.366 e. The number of hydrazine groups is 1. The minimum absolute atomic E-state index is 0.299.